The second kappa shape index (κ2) is 14.3. The topological polar surface area (TPSA) is 3.24 Å². The van der Waals surface area contributed by atoms with Crippen molar-refractivity contribution in [3.63, 3.8) is 0 Å². The number of hydrogen-bond acceptors (Lipinski definition) is 1. The Hall–Kier alpha value is -8.00. The average Bonchev–Trinajstić information content (AvgIpc) is 3.93. The maximum Gasteiger partial charge on any atom is 0.0725 e. The molecular formula is C64H45N. The molecule has 3 aliphatic rings. The van der Waals surface area contributed by atoms with Gasteiger partial charge in [-0.25, -0.2) is 0 Å². The van der Waals surface area contributed by atoms with Crippen molar-refractivity contribution in [2.24, 2.45) is 0 Å². The van der Waals surface area contributed by atoms with Crippen LogP contribution in [-0.2, 0) is 10.8 Å². The van der Waals surface area contributed by atoms with Gasteiger partial charge in [0.2, 0.25) is 0 Å². The van der Waals surface area contributed by atoms with Gasteiger partial charge in [-0.3, -0.25) is 0 Å². The zero-order chi connectivity index (χ0) is 43.3. The van der Waals surface area contributed by atoms with E-state index in [1.807, 2.05) is 0 Å². The van der Waals surface area contributed by atoms with E-state index in [0.29, 0.717) is 0 Å². The summed E-state index contributed by atoms with van der Waals surface area (Å²) in [6.45, 7) is 4.76. The van der Waals surface area contributed by atoms with E-state index in [-0.39, 0.29) is 5.41 Å². The van der Waals surface area contributed by atoms with Crippen LogP contribution in [0.25, 0.3) is 66.8 Å². The molecule has 0 aliphatic heterocycles. The van der Waals surface area contributed by atoms with E-state index in [2.05, 4.69) is 255 Å². The summed E-state index contributed by atoms with van der Waals surface area (Å²) in [4.78, 5) is 2.53. The SMILES string of the molecule is CC1(C)c2ccccc2-c2ccc(N(c3cccc(-c4ccccc4)c3)c3cccc(-c4ccccc4)c3-c3cccc4c3-c3ccccc3C43c4ccccc4-c4ccccc43)cc21. The normalized spacial score (nSPS) is 13.9. The summed E-state index contributed by atoms with van der Waals surface area (Å²) in [5.41, 5.74) is 25.8. The Labute approximate surface area is 381 Å². The van der Waals surface area contributed by atoms with Crippen molar-refractivity contribution >= 4 is 17.1 Å². The number of fused-ring (bicyclic) bond motifs is 13. The second-order valence-corrected chi connectivity index (χ2v) is 18.3. The first kappa shape index (κ1) is 37.5. The third kappa shape index (κ3) is 5.33. The maximum absolute atomic E-state index is 2.53. The van der Waals surface area contributed by atoms with Crippen LogP contribution in [0.4, 0.5) is 17.1 Å². The quantitative estimate of drug-likeness (QED) is 0.161. The standard InChI is InChI=1S/C64H45N/c1-63(2)54-32-13-9-26-48(54)51-39-38-46(41-59(51)63)65(45-25-17-24-44(40-45)42-20-5-3-6-21-42)60-37-19-30-47(43-22-7-4-8-23-43)62(60)53-31-18-36-58-61(53)52-29-12-16-35-57(52)64(58)55-33-14-10-27-49(55)50-28-11-15-34-56(50)64/h3-41H,1-2H3. The molecule has 1 nitrogen and oxygen atoms in total. The van der Waals surface area contributed by atoms with Gasteiger partial charge in [-0.05, 0) is 125 Å². The van der Waals surface area contributed by atoms with Crippen molar-refractivity contribution < 1.29 is 0 Å². The van der Waals surface area contributed by atoms with Crippen molar-refractivity contribution in [3.8, 4) is 66.8 Å². The lowest BCUT2D eigenvalue weighted by Crippen LogP contribution is -2.25. The molecule has 10 aromatic rings. The molecule has 0 unspecified atom stereocenters. The van der Waals surface area contributed by atoms with E-state index in [0.717, 1.165) is 17.1 Å². The molecule has 65 heavy (non-hydrogen) atoms. The van der Waals surface area contributed by atoms with Gasteiger partial charge in [0.25, 0.3) is 0 Å². The monoisotopic (exact) mass is 827 g/mol. The van der Waals surface area contributed by atoms with Gasteiger partial charge >= 0.3 is 0 Å². The van der Waals surface area contributed by atoms with Gasteiger partial charge in [-0.1, -0.05) is 220 Å². The fraction of sp³-hybridized carbons (Fsp3) is 0.0625. The van der Waals surface area contributed by atoms with Crippen molar-refractivity contribution in [1.29, 1.82) is 0 Å². The lowest BCUT2D eigenvalue weighted by atomic mass is 9.70. The zero-order valence-corrected chi connectivity index (χ0v) is 36.5. The summed E-state index contributed by atoms with van der Waals surface area (Å²) in [6.07, 6.45) is 0. The molecule has 0 aromatic heterocycles. The van der Waals surface area contributed by atoms with Crippen LogP contribution in [0, 0.1) is 0 Å². The first-order chi connectivity index (χ1) is 32.0. The number of anilines is 3. The minimum absolute atomic E-state index is 0.166. The molecule has 13 rings (SSSR count). The Morgan fingerprint density at radius 1 is 0.277 bits per heavy atom. The van der Waals surface area contributed by atoms with Gasteiger partial charge in [-0.2, -0.15) is 0 Å². The molecule has 0 radical (unpaired) electrons. The number of rotatable bonds is 6. The molecule has 0 atom stereocenters. The highest BCUT2D eigenvalue weighted by Crippen LogP contribution is 2.65. The number of hydrogen-bond donors (Lipinski definition) is 0. The second-order valence-electron chi connectivity index (χ2n) is 18.3. The number of nitrogens with zero attached hydrogens (tertiary/aromatic N) is 1. The lowest BCUT2D eigenvalue weighted by Gasteiger charge is -2.32. The molecule has 10 aromatic carbocycles. The van der Waals surface area contributed by atoms with E-state index in [4.69, 9.17) is 0 Å². The largest absolute Gasteiger partial charge is 0.310 e. The van der Waals surface area contributed by atoms with E-state index < -0.39 is 5.41 Å². The van der Waals surface area contributed by atoms with Crippen LogP contribution in [0.15, 0.2) is 237 Å². The minimum Gasteiger partial charge on any atom is -0.310 e. The molecule has 0 saturated carbocycles. The summed E-state index contributed by atoms with van der Waals surface area (Å²) in [6, 6.07) is 88.4. The first-order valence-corrected chi connectivity index (χ1v) is 22.8. The third-order valence-corrected chi connectivity index (χ3v) is 14.7. The van der Waals surface area contributed by atoms with Crippen LogP contribution in [0.1, 0.15) is 47.2 Å². The van der Waals surface area contributed by atoms with Crippen molar-refractivity contribution in [2.75, 3.05) is 4.90 Å². The predicted molar refractivity (Wildman–Crippen MR) is 271 cm³/mol. The highest BCUT2D eigenvalue weighted by atomic mass is 15.1. The van der Waals surface area contributed by atoms with Crippen molar-refractivity contribution in [1.82, 2.24) is 0 Å². The molecular weight excluding hydrogens is 783 g/mol. The van der Waals surface area contributed by atoms with E-state index in [1.165, 1.54) is 100 Å². The van der Waals surface area contributed by atoms with E-state index in [1.54, 1.807) is 0 Å². The van der Waals surface area contributed by atoms with Crippen LogP contribution in [0.5, 0.6) is 0 Å². The highest BCUT2D eigenvalue weighted by Gasteiger charge is 2.52. The van der Waals surface area contributed by atoms with Gasteiger partial charge in [0, 0.05) is 22.4 Å². The molecule has 1 heteroatoms. The summed E-state index contributed by atoms with van der Waals surface area (Å²) in [7, 11) is 0. The molecule has 0 amide bonds. The molecule has 0 N–H and O–H groups in total. The average molecular weight is 828 g/mol. The van der Waals surface area contributed by atoms with Crippen LogP contribution in [-0.4, -0.2) is 0 Å². The van der Waals surface area contributed by atoms with Crippen LogP contribution in [0.3, 0.4) is 0 Å². The van der Waals surface area contributed by atoms with Gasteiger partial charge in [0.15, 0.2) is 0 Å². The van der Waals surface area contributed by atoms with Crippen molar-refractivity contribution in [3.05, 3.63) is 270 Å². The van der Waals surface area contributed by atoms with Gasteiger partial charge in [0.05, 0.1) is 11.1 Å². The van der Waals surface area contributed by atoms with E-state index >= 15 is 0 Å². The van der Waals surface area contributed by atoms with E-state index in [9.17, 15) is 0 Å². The molecule has 1 spiro atoms. The zero-order valence-electron chi connectivity index (χ0n) is 36.5. The molecule has 0 fully saturated rings. The smallest absolute Gasteiger partial charge is 0.0725 e. The third-order valence-electron chi connectivity index (χ3n) is 14.7. The van der Waals surface area contributed by atoms with Crippen LogP contribution < -0.4 is 4.90 Å². The van der Waals surface area contributed by atoms with Gasteiger partial charge in [0.1, 0.15) is 0 Å². The molecule has 0 bridgehead atoms. The van der Waals surface area contributed by atoms with Gasteiger partial charge < -0.3 is 4.90 Å². The maximum atomic E-state index is 2.53. The van der Waals surface area contributed by atoms with Crippen LogP contribution in [0.2, 0.25) is 0 Å². The summed E-state index contributed by atoms with van der Waals surface area (Å²) < 4.78 is 0. The number of benzene rings is 10. The first-order valence-electron chi connectivity index (χ1n) is 22.8. The van der Waals surface area contributed by atoms with Crippen LogP contribution >= 0.6 is 0 Å². The summed E-state index contributed by atoms with van der Waals surface area (Å²) >= 11 is 0. The Bertz CT molecular complexity index is 3480. The summed E-state index contributed by atoms with van der Waals surface area (Å²) in [5, 5.41) is 0. The fourth-order valence-corrected chi connectivity index (χ4v) is 11.9. The Kier molecular flexibility index (Phi) is 8.24. The summed E-state index contributed by atoms with van der Waals surface area (Å²) in [5.74, 6) is 0. The predicted octanol–water partition coefficient (Wildman–Crippen LogP) is 16.8. The minimum atomic E-state index is -0.457. The molecule has 0 saturated heterocycles. The Balaban J connectivity index is 1.13. The molecule has 306 valence electrons. The Morgan fingerprint density at radius 3 is 1.43 bits per heavy atom. The Morgan fingerprint density at radius 2 is 0.738 bits per heavy atom. The fourth-order valence-electron chi connectivity index (χ4n) is 11.9. The highest BCUT2D eigenvalue weighted by molar-refractivity contribution is 6.06. The molecule has 0 heterocycles. The van der Waals surface area contributed by atoms with Crippen molar-refractivity contribution in [2.45, 2.75) is 24.7 Å². The molecule has 3 aliphatic carbocycles. The van der Waals surface area contributed by atoms with Gasteiger partial charge in [-0.15, -0.1) is 0 Å². The lowest BCUT2D eigenvalue weighted by molar-refractivity contribution is 0.660.